The van der Waals surface area contributed by atoms with Gasteiger partial charge >= 0.3 is 0 Å². The number of nitrogens with one attached hydrogen (secondary N) is 1. The van der Waals surface area contributed by atoms with Crippen LogP contribution in [0.5, 0.6) is 5.75 Å². The molecule has 0 aliphatic heterocycles. The highest BCUT2D eigenvalue weighted by molar-refractivity contribution is 7.79. The second kappa shape index (κ2) is 10.1. The molecule has 0 unspecified atom stereocenters. The van der Waals surface area contributed by atoms with E-state index < -0.39 is 7.14 Å². The Morgan fingerprint density at radius 2 is 1.41 bits per heavy atom. The van der Waals surface area contributed by atoms with Crippen molar-refractivity contribution in [1.82, 2.24) is 0 Å². The topological polar surface area (TPSA) is 81.4 Å². The lowest BCUT2D eigenvalue weighted by molar-refractivity contribution is -0.113. The number of hydrogen-bond acceptors (Lipinski definition) is 4. The molecule has 0 fully saturated rings. The van der Waals surface area contributed by atoms with Crippen LogP contribution < -0.4 is 26.4 Å². The van der Waals surface area contributed by atoms with Gasteiger partial charge in [0.15, 0.2) is 7.14 Å². The maximum Gasteiger partial charge on any atom is 0.232 e. The van der Waals surface area contributed by atoms with Gasteiger partial charge in [0.2, 0.25) is 5.91 Å². The van der Waals surface area contributed by atoms with Crippen LogP contribution in [0.25, 0.3) is 0 Å². The van der Waals surface area contributed by atoms with Gasteiger partial charge in [-0.15, -0.1) is 0 Å². The Hall–Kier alpha value is -2.88. The third kappa shape index (κ3) is 5.57. The van der Waals surface area contributed by atoms with Gasteiger partial charge in [-0.3, -0.25) is 4.79 Å². The van der Waals surface area contributed by atoms with Crippen molar-refractivity contribution in [3.63, 3.8) is 0 Å². The summed E-state index contributed by atoms with van der Waals surface area (Å²) < 4.78 is 19.5. The number of hydrogen-bond donors (Lipinski definition) is 2. The molecular formula is C23H25N2O3P. The molecule has 3 N–H and O–H groups in total. The van der Waals surface area contributed by atoms with Crippen molar-refractivity contribution in [3.8, 4) is 5.75 Å². The first kappa shape index (κ1) is 20.8. The van der Waals surface area contributed by atoms with Crippen molar-refractivity contribution >= 4 is 29.3 Å². The second-order valence-corrected chi connectivity index (χ2v) is 9.46. The number of ether oxygens (including phenoxy) is 1. The first-order valence-corrected chi connectivity index (χ1v) is 11.4. The van der Waals surface area contributed by atoms with E-state index >= 15 is 0 Å². The van der Waals surface area contributed by atoms with Gasteiger partial charge in [0, 0.05) is 16.3 Å². The highest BCUT2D eigenvalue weighted by atomic mass is 31.2. The van der Waals surface area contributed by atoms with Gasteiger partial charge in [0.05, 0.1) is 12.8 Å². The molecule has 3 rings (SSSR count). The molecule has 0 aromatic heterocycles. The summed E-state index contributed by atoms with van der Waals surface area (Å²) in [6.07, 6.45) is 0.683. The minimum absolute atomic E-state index is 0.101. The number of rotatable bonds is 9. The Balaban J connectivity index is 1.73. The summed E-state index contributed by atoms with van der Waals surface area (Å²) in [4.78, 5) is 12.7. The molecule has 0 saturated carbocycles. The van der Waals surface area contributed by atoms with Crippen molar-refractivity contribution in [2.24, 2.45) is 5.73 Å². The molecule has 0 bridgehead atoms. The Labute approximate surface area is 171 Å². The fourth-order valence-electron chi connectivity index (χ4n) is 2.98. The maximum absolute atomic E-state index is 13.9. The molecule has 29 heavy (non-hydrogen) atoms. The van der Waals surface area contributed by atoms with E-state index in [0.29, 0.717) is 29.4 Å². The number of carbonyl (C=O) groups excluding carboxylic acids is 1. The molecule has 6 heteroatoms. The number of carbonyl (C=O) groups is 1. The molecule has 1 amide bonds. The molecule has 150 valence electrons. The van der Waals surface area contributed by atoms with Crippen molar-refractivity contribution in [2.45, 2.75) is 6.42 Å². The maximum atomic E-state index is 13.9. The summed E-state index contributed by atoms with van der Waals surface area (Å²) in [5.74, 6) is 0.425. The first-order valence-electron chi connectivity index (χ1n) is 9.55. The van der Waals surface area contributed by atoms with Crippen LogP contribution >= 0.6 is 7.14 Å². The molecule has 0 spiro atoms. The normalized spacial score (nSPS) is 11.1. The molecule has 3 aromatic carbocycles. The Morgan fingerprint density at radius 1 is 0.862 bits per heavy atom. The zero-order chi connectivity index (χ0) is 20.5. The first-order chi connectivity index (χ1) is 14.1. The van der Waals surface area contributed by atoms with Crippen LogP contribution in [0.3, 0.4) is 0 Å². The standard InChI is InChI=1S/C23H25N2O3P/c24-16-7-17-28-20-14-12-19(13-15-20)25-23(26)18-29(27,21-8-3-1-4-9-21)22-10-5-2-6-11-22/h1-6,8-15H,7,16-18,24H2,(H,25,26). The van der Waals surface area contributed by atoms with E-state index in [1.807, 2.05) is 60.7 Å². The van der Waals surface area contributed by atoms with Crippen molar-refractivity contribution in [2.75, 3.05) is 24.6 Å². The fraction of sp³-hybridized carbons (Fsp3) is 0.174. The summed E-state index contributed by atoms with van der Waals surface area (Å²) >= 11 is 0. The third-order valence-electron chi connectivity index (χ3n) is 4.47. The molecule has 0 atom stereocenters. The molecule has 5 nitrogen and oxygen atoms in total. The summed E-state index contributed by atoms with van der Waals surface area (Å²) in [6, 6.07) is 25.5. The summed E-state index contributed by atoms with van der Waals surface area (Å²) in [5, 5.41) is 4.19. The van der Waals surface area contributed by atoms with E-state index in [0.717, 1.165) is 12.2 Å². The molecule has 0 aliphatic rings. The smallest absolute Gasteiger partial charge is 0.232 e. The van der Waals surface area contributed by atoms with Crippen molar-refractivity contribution < 1.29 is 14.1 Å². The predicted octanol–water partition coefficient (Wildman–Crippen LogP) is 3.37. The van der Waals surface area contributed by atoms with Crippen LogP contribution in [0, 0.1) is 0 Å². The van der Waals surface area contributed by atoms with Crippen LogP contribution in [0.2, 0.25) is 0 Å². The number of benzene rings is 3. The lowest BCUT2D eigenvalue weighted by Crippen LogP contribution is -2.26. The summed E-state index contributed by atoms with van der Waals surface area (Å²) in [6.45, 7) is 1.14. The van der Waals surface area contributed by atoms with E-state index in [2.05, 4.69) is 5.32 Å². The monoisotopic (exact) mass is 408 g/mol. The SMILES string of the molecule is NCCCOc1ccc(NC(=O)CP(=O)(c2ccccc2)c2ccccc2)cc1. The lowest BCUT2D eigenvalue weighted by Gasteiger charge is -2.19. The number of amides is 1. The molecule has 0 aliphatic carbocycles. The van der Waals surface area contributed by atoms with E-state index in [1.54, 1.807) is 24.3 Å². The Bertz CT molecular complexity index is 917. The van der Waals surface area contributed by atoms with Gasteiger partial charge in [-0.1, -0.05) is 60.7 Å². The molecule has 3 aromatic rings. The van der Waals surface area contributed by atoms with Gasteiger partial charge < -0.3 is 20.4 Å². The molecule has 0 heterocycles. The van der Waals surface area contributed by atoms with E-state index in [9.17, 15) is 9.36 Å². The zero-order valence-electron chi connectivity index (χ0n) is 16.2. The van der Waals surface area contributed by atoms with Gasteiger partial charge in [-0.05, 0) is 37.2 Å². The average molecular weight is 408 g/mol. The Morgan fingerprint density at radius 3 is 1.93 bits per heavy atom. The van der Waals surface area contributed by atoms with E-state index in [-0.39, 0.29) is 12.1 Å². The Kier molecular flexibility index (Phi) is 7.23. The van der Waals surface area contributed by atoms with Crippen LogP contribution in [0.1, 0.15) is 6.42 Å². The van der Waals surface area contributed by atoms with E-state index in [4.69, 9.17) is 10.5 Å². The number of anilines is 1. The van der Waals surface area contributed by atoms with Gasteiger partial charge in [-0.25, -0.2) is 0 Å². The average Bonchev–Trinajstić information content (AvgIpc) is 2.76. The van der Waals surface area contributed by atoms with Gasteiger partial charge in [0.25, 0.3) is 0 Å². The minimum atomic E-state index is -3.09. The van der Waals surface area contributed by atoms with Gasteiger partial charge in [0.1, 0.15) is 5.75 Å². The minimum Gasteiger partial charge on any atom is -0.494 e. The quantitative estimate of drug-likeness (QED) is 0.420. The molecule has 0 saturated heterocycles. The van der Waals surface area contributed by atoms with E-state index in [1.165, 1.54) is 0 Å². The fourth-order valence-corrected chi connectivity index (χ4v) is 5.43. The second-order valence-electron chi connectivity index (χ2n) is 6.63. The van der Waals surface area contributed by atoms with Crippen LogP contribution in [-0.2, 0) is 9.36 Å². The zero-order valence-corrected chi connectivity index (χ0v) is 17.1. The highest BCUT2D eigenvalue weighted by Crippen LogP contribution is 2.43. The molecule has 0 radical (unpaired) electrons. The summed E-state index contributed by atoms with van der Waals surface area (Å²) in [7, 11) is -3.09. The lowest BCUT2D eigenvalue weighted by atomic mass is 10.3. The third-order valence-corrected chi connectivity index (χ3v) is 7.47. The predicted molar refractivity (Wildman–Crippen MR) is 119 cm³/mol. The van der Waals surface area contributed by atoms with Gasteiger partial charge in [-0.2, -0.15) is 0 Å². The van der Waals surface area contributed by atoms with Crippen LogP contribution in [0.4, 0.5) is 5.69 Å². The highest BCUT2D eigenvalue weighted by Gasteiger charge is 2.30. The summed E-state index contributed by atoms with van der Waals surface area (Å²) in [5.41, 5.74) is 6.09. The van der Waals surface area contributed by atoms with Crippen molar-refractivity contribution in [3.05, 3.63) is 84.9 Å². The van der Waals surface area contributed by atoms with Crippen LogP contribution in [-0.4, -0.2) is 25.2 Å². The largest absolute Gasteiger partial charge is 0.494 e. The number of nitrogens with two attached hydrogens (primary N) is 1. The van der Waals surface area contributed by atoms with Crippen LogP contribution in [0.15, 0.2) is 84.9 Å². The van der Waals surface area contributed by atoms with Crippen molar-refractivity contribution in [1.29, 1.82) is 0 Å². The molecular weight excluding hydrogens is 383 g/mol.